The lowest BCUT2D eigenvalue weighted by Gasteiger charge is -2.38. The second-order valence-electron chi connectivity index (χ2n) is 4.42. The molecule has 2 amide bonds. The minimum absolute atomic E-state index is 0.0180. The minimum Gasteiger partial charge on any atom is -0.481 e. The van der Waals surface area contributed by atoms with Gasteiger partial charge in [0.15, 0.2) is 0 Å². The number of halogens is 2. The van der Waals surface area contributed by atoms with E-state index >= 15 is 0 Å². The number of carboxylic acid groups (broad SMARTS) is 1. The van der Waals surface area contributed by atoms with Crippen molar-refractivity contribution in [3.8, 4) is 0 Å². The second kappa shape index (κ2) is 5.56. The first-order valence-electron chi connectivity index (χ1n) is 5.68. The van der Waals surface area contributed by atoms with Gasteiger partial charge in [-0.25, -0.2) is 9.18 Å². The summed E-state index contributed by atoms with van der Waals surface area (Å²) in [5, 5.41) is 11.1. The van der Waals surface area contributed by atoms with Gasteiger partial charge in [-0.05, 0) is 18.2 Å². The van der Waals surface area contributed by atoms with Gasteiger partial charge in [-0.15, -0.1) is 0 Å². The average Bonchev–Trinajstić information content (AvgIpc) is 2.27. The van der Waals surface area contributed by atoms with Crippen LogP contribution in [0, 0.1) is 11.7 Å². The van der Waals surface area contributed by atoms with Gasteiger partial charge < -0.3 is 15.3 Å². The number of benzene rings is 1. The summed E-state index contributed by atoms with van der Waals surface area (Å²) in [6.07, 6.45) is 0.0506. The van der Waals surface area contributed by atoms with Crippen molar-refractivity contribution in [3.05, 3.63) is 28.5 Å². The van der Waals surface area contributed by atoms with Crippen LogP contribution in [0.4, 0.5) is 14.9 Å². The van der Waals surface area contributed by atoms with Crippen molar-refractivity contribution in [2.75, 3.05) is 18.4 Å². The highest BCUT2D eigenvalue weighted by Crippen LogP contribution is 2.23. The molecule has 1 aromatic rings. The van der Waals surface area contributed by atoms with Gasteiger partial charge in [-0.2, -0.15) is 0 Å². The van der Waals surface area contributed by atoms with E-state index in [-0.39, 0.29) is 18.0 Å². The summed E-state index contributed by atoms with van der Waals surface area (Å²) < 4.78 is 14.1. The summed E-state index contributed by atoms with van der Waals surface area (Å²) >= 11 is 3.19. The summed E-state index contributed by atoms with van der Waals surface area (Å²) in [5.74, 6) is -1.40. The van der Waals surface area contributed by atoms with Crippen LogP contribution in [0.15, 0.2) is 22.7 Å². The number of likely N-dealkylation sites (tertiary alicyclic amines) is 1. The van der Waals surface area contributed by atoms with Crippen LogP contribution in [-0.4, -0.2) is 35.1 Å². The number of aliphatic carboxylic acids is 1. The molecule has 7 heteroatoms. The first-order chi connectivity index (χ1) is 8.95. The van der Waals surface area contributed by atoms with E-state index in [1.165, 1.54) is 23.1 Å². The van der Waals surface area contributed by atoms with E-state index in [0.717, 1.165) is 0 Å². The summed E-state index contributed by atoms with van der Waals surface area (Å²) in [6.45, 7) is 0.765. The fraction of sp³-hybridized carbons (Fsp3) is 0.333. The van der Waals surface area contributed by atoms with Gasteiger partial charge in [0.2, 0.25) is 0 Å². The van der Waals surface area contributed by atoms with E-state index in [2.05, 4.69) is 21.2 Å². The normalized spacial score (nSPS) is 14.9. The Balaban J connectivity index is 1.89. The maximum atomic E-state index is 13.4. The van der Waals surface area contributed by atoms with Crippen molar-refractivity contribution in [1.82, 2.24) is 4.90 Å². The lowest BCUT2D eigenvalue weighted by molar-refractivity contribution is -0.139. The summed E-state index contributed by atoms with van der Waals surface area (Å²) in [4.78, 5) is 23.7. The summed E-state index contributed by atoms with van der Waals surface area (Å²) in [5.41, 5.74) is 0.0982. The lowest BCUT2D eigenvalue weighted by atomic mass is 9.97. The van der Waals surface area contributed by atoms with E-state index in [0.29, 0.717) is 17.6 Å². The van der Waals surface area contributed by atoms with E-state index in [1.807, 2.05) is 0 Å². The molecule has 0 saturated carbocycles. The Bertz CT molecular complexity index is 518. The fourth-order valence-electron chi connectivity index (χ4n) is 1.90. The van der Waals surface area contributed by atoms with Crippen LogP contribution in [0.3, 0.4) is 0 Å². The highest BCUT2D eigenvalue weighted by Gasteiger charge is 2.32. The van der Waals surface area contributed by atoms with Gasteiger partial charge in [0.1, 0.15) is 5.82 Å². The van der Waals surface area contributed by atoms with Crippen LogP contribution < -0.4 is 5.32 Å². The molecule has 1 aliphatic heterocycles. The molecule has 19 heavy (non-hydrogen) atoms. The predicted molar refractivity (Wildman–Crippen MR) is 70.4 cm³/mol. The molecule has 0 atom stereocenters. The Kier molecular flexibility index (Phi) is 4.04. The number of carboxylic acids is 1. The molecule has 0 bridgehead atoms. The van der Waals surface area contributed by atoms with Crippen molar-refractivity contribution < 1.29 is 19.1 Å². The van der Waals surface area contributed by atoms with E-state index in [4.69, 9.17) is 5.11 Å². The van der Waals surface area contributed by atoms with E-state index in [9.17, 15) is 14.0 Å². The fourth-order valence-corrected chi connectivity index (χ4v) is 2.26. The number of hydrogen-bond donors (Lipinski definition) is 2. The van der Waals surface area contributed by atoms with E-state index in [1.54, 1.807) is 0 Å². The quantitative estimate of drug-likeness (QED) is 0.894. The zero-order chi connectivity index (χ0) is 14.0. The molecule has 1 fully saturated rings. The average molecular weight is 331 g/mol. The van der Waals surface area contributed by atoms with Gasteiger partial charge in [0.25, 0.3) is 0 Å². The standard InChI is InChI=1S/C12H12BrFN2O3/c13-8-1-2-9(14)10(4-8)15-12(19)16-5-7(6-16)3-11(17)18/h1-2,4,7H,3,5-6H2,(H,15,19)(H,17,18). The molecule has 1 saturated heterocycles. The number of nitrogens with zero attached hydrogens (tertiary/aromatic N) is 1. The van der Waals surface area contributed by atoms with Gasteiger partial charge in [-0.3, -0.25) is 4.79 Å². The SMILES string of the molecule is O=C(O)CC1CN(C(=O)Nc2cc(Br)ccc2F)C1. The van der Waals surface area contributed by atoms with Crippen molar-refractivity contribution >= 4 is 33.6 Å². The molecule has 5 nitrogen and oxygen atoms in total. The zero-order valence-corrected chi connectivity index (χ0v) is 11.5. The van der Waals surface area contributed by atoms with Crippen molar-refractivity contribution in [2.24, 2.45) is 5.92 Å². The van der Waals surface area contributed by atoms with Gasteiger partial charge in [0.05, 0.1) is 12.1 Å². The number of urea groups is 1. The monoisotopic (exact) mass is 330 g/mol. The molecule has 102 valence electrons. The van der Waals surface area contributed by atoms with Crippen LogP contribution in [0.25, 0.3) is 0 Å². The van der Waals surface area contributed by atoms with Crippen molar-refractivity contribution in [1.29, 1.82) is 0 Å². The highest BCUT2D eigenvalue weighted by molar-refractivity contribution is 9.10. The summed E-state index contributed by atoms with van der Waals surface area (Å²) in [6, 6.07) is 3.85. The second-order valence-corrected chi connectivity index (χ2v) is 5.34. The number of amides is 2. The Morgan fingerprint density at radius 1 is 1.47 bits per heavy atom. The molecule has 0 aliphatic carbocycles. The third-order valence-corrected chi connectivity index (χ3v) is 3.37. The molecular formula is C12H12BrFN2O3. The Morgan fingerprint density at radius 2 is 2.16 bits per heavy atom. The third-order valence-electron chi connectivity index (χ3n) is 2.88. The maximum absolute atomic E-state index is 13.4. The molecule has 1 heterocycles. The van der Waals surface area contributed by atoms with Gasteiger partial charge >= 0.3 is 12.0 Å². The van der Waals surface area contributed by atoms with E-state index < -0.39 is 17.8 Å². The molecule has 1 aliphatic rings. The largest absolute Gasteiger partial charge is 0.481 e. The van der Waals surface area contributed by atoms with Crippen LogP contribution in [-0.2, 0) is 4.79 Å². The Labute approximate surface area is 117 Å². The number of anilines is 1. The molecule has 1 aromatic carbocycles. The Hall–Kier alpha value is -1.63. The molecule has 0 aromatic heterocycles. The number of carbonyl (C=O) groups excluding carboxylic acids is 1. The molecule has 2 rings (SSSR count). The Morgan fingerprint density at radius 3 is 2.79 bits per heavy atom. The van der Waals surface area contributed by atoms with Crippen LogP contribution >= 0.6 is 15.9 Å². The van der Waals surface area contributed by atoms with Crippen molar-refractivity contribution in [2.45, 2.75) is 6.42 Å². The topological polar surface area (TPSA) is 69.6 Å². The van der Waals surface area contributed by atoms with Crippen LogP contribution in [0.5, 0.6) is 0 Å². The minimum atomic E-state index is -0.872. The van der Waals surface area contributed by atoms with Crippen LogP contribution in [0.2, 0.25) is 0 Å². The maximum Gasteiger partial charge on any atom is 0.321 e. The highest BCUT2D eigenvalue weighted by atomic mass is 79.9. The van der Waals surface area contributed by atoms with Crippen LogP contribution in [0.1, 0.15) is 6.42 Å². The molecule has 0 radical (unpaired) electrons. The molecule has 2 N–H and O–H groups in total. The molecule has 0 unspecified atom stereocenters. The number of nitrogens with one attached hydrogen (secondary N) is 1. The summed E-state index contributed by atoms with van der Waals surface area (Å²) in [7, 11) is 0. The zero-order valence-electron chi connectivity index (χ0n) is 9.90. The van der Waals surface area contributed by atoms with Gasteiger partial charge in [0, 0.05) is 23.5 Å². The molecular weight excluding hydrogens is 319 g/mol. The first-order valence-corrected chi connectivity index (χ1v) is 6.48. The third kappa shape index (κ3) is 3.44. The number of carbonyl (C=O) groups is 2. The smallest absolute Gasteiger partial charge is 0.321 e. The number of hydrogen-bond acceptors (Lipinski definition) is 2. The van der Waals surface area contributed by atoms with Gasteiger partial charge in [-0.1, -0.05) is 15.9 Å². The van der Waals surface area contributed by atoms with Crippen molar-refractivity contribution in [3.63, 3.8) is 0 Å². The lowest BCUT2D eigenvalue weighted by Crippen LogP contribution is -2.52. The molecule has 0 spiro atoms. The number of rotatable bonds is 3. The predicted octanol–water partition coefficient (Wildman–Crippen LogP) is 2.53. The first kappa shape index (κ1) is 13.8.